The van der Waals surface area contributed by atoms with Gasteiger partial charge in [-0.15, -0.1) is 0 Å². The van der Waals surface area contributed by atoms with Gasteiger partial charge >= 0.3 is 0 Å². The lowest BCUT2D eigenvalue weighted by atomic mass is 9.95. The first-order chi connectivity index (χ1) is 12.2. The average molecular weight is 350 g/mol. The molecule has 0 radical (unpaired) electrons. The molecule has 128 valence electrons. The second-order valence-electron chi connectivity index (χ2n) is 7.12. The van der Waals surface area contributed by atoms with Gasteiger partial charge in [-0.1, -0.05) is 30.0 Å². The summed E-state index contributed by atoms with van der Waals surface area (Å²) in [4.78, 5) is 7.69. The highest BCUT2D eigenvalue weighted by Crippen LogP contribution is 2.43. The van der Waals surface area contributed by atoms with E-state index in [-0.39, 0.29) is 0 Å². The molecule has 0 saturated carbocycles. The van der Waals surface area contributed by atoms with Gasteiger partial charge in [0.15, 0.2) is 0 Å². The first-order valence-electron chi connectivity index (χ1n) is 8.90. The van der Waals surface area contributed by atoms with E-state index in [4.69, 9.17) is 0 Å². The quantitative estimate of drug-likeness (QED) is 0.780. The molecule has 2 aliphatic rings. The fourth-order valence-electron chi connectivity index (χ4n) is 3.87. The van der Waals surface area contributed by atoms with Crippen molar-refractivity contribution in [2.45, 2.75) is 35.2 Å². The van der Waals surface area contributed by atoms with Crippen molar-refractivity contribution >= 4 is 11.8 Å². The van der Waals surface area contributed by atoms with Crippen LogP contribution >= 0.6 is 11.8 Å². The Morgan fingerprint density at radius 1 is 1.12 bits per heavy atom. The number of fused-ring (bicyclic) bond motifs is 2. The van der Waals surface area contributed by atoms with E-state index in [0.29, 0.717) is 12.1 Å². The van der Waals surface area contributed by atoms with Crippen LogP contribution in [0.2, 0.25) is 0 Å². The van der Waals surface area contributed by atoms with E-state index in [1.165, 1.54) is 20.9 Å². The van der Waals surface area contributed by atoms with Crippen molar-refractivity contribution in [1.29, 1.82) is 5.26 Å². The Hall–Kier alpha value is -1.80. The average Bonchev–Trinajstić information content (AvgIpc) is 2.80. The lowest BCUT2D eigenvalue weighted by Crippen LogP contribution is -2.51. The fraction of sp³-hybridized carbons (Fsp3) is 0.381. The zero-order valence-electron chi connectivity index (χ0n) is 14.8. The summed E-state index contributed by atoms with van der Waals surface area (Å²) in [6.45, 7) is 5.55. The van der Waals surface area contributed by atoms with Crippen molar-refractivity contribution in [2.75, 3.05) is 26.7 Å². The number of piperazine rings is 1. The largest absolute Gasteiger partial charge is 0.301 e. The van der Waals surface area contributed by atoms with E-state index in [1.54, 1.807) is 0 Å². The SMILES string of the molecule is CC1CN(C2Cc3ccccc3Sc3ccc(C#N)cc32)CCN1C. The molecule has 0 N–H and O–H groups in total. The van der Waals surface area contributed by atoms with Crippen LogP contribution in [0.5, 0.6) is 0 Å². The van der Waals surface area contributed by atoms with Gasteiger partial charge in [0.25, 0.3) is 0 Å². The second-order valence-corrected chi connectivity index (χ2v) is 8.20. The first-order valence-corrected chi connectivity index (χ1v) is 9.71. The number of hydrogen-bond donors (Lipinski definition) is 0. The first kappa shape index (κ1) is 16.7. The smallest absolute Gasteiger partial charge is 0.0991 e. The molecule has 25 heavy (non-hydrogen) atoms. The Bertz CT molecular complexity index is 826. The molecule has 2 heterocycles. The summed E-state index contributed by atoms with van der Waals surface area (Å²) in [6, 6.07) is 18.1. The summed E-state index contributed by atoms with van der Waals surface area (Å²) >= 11 is 1.85. The topological polar surface area (TPSA) is 30.3 Å². The minimum atomic E-state index is 0.343. The number of likely N-dealkylation sites (N-methyl/N-ethyl adjacent to an activating group) is 1. The highest BCUT2D eigenvalue weighted by Gasteiger charge is 2.31. The zero-order valence-corrected chi connectivity index (χ0v) is 15.6. The molecule has 4 rings (SSSR count). The van der Waals surface area contributed by atoms with Gasteiger partial charge in [-0.2, -0.15) is 5.26 Å². The summed E-state index contributed by atoms with van der Waals surface area (Å²) in [6.07, 6.45) is 1.02. The summed E-state index contributed by atoms with van der Waals surface area (Å²) < 4.78 is 0. The van der Waals surface area contributed by atoms with Gasteiger partial charge in [0.1, 0.15) is 0 Å². The number of nitrogens with zero attached hydrogens (tertiary/aromatic N) is 3. The maximum atomic E-state index is 9.38. The number of hydrogen-bond acceptors (Lipinski definition) is 4. The summed E-state index contributed by atoms with van der Waals surface area (Å²) in [5.41, 5.74) is 3.49. The van der Waals surface area contributed by atoms with E-state index >= 15 is 0 Å². The predicted octanol–water partition coefficient (Wildman–Crippen LogP) is 3.94. The number of benzene rings is 2. The molecule has 1 fully saturated rings. The molecule has 0 aromatic heterocycles. The van der Waals surface area contributed by atoms with Gasteiger partial charge in [-0.05, 0) is 55.8 Å². The Balaban J connectivity index is 1.78. The fourth-order valence-corrected chi connectivity index (χ4v) is 4.98. The van der Waals surface area contributed by atoms with E-state index in [2.05, 4.69) is 66.2 Å². The molecule has 2 aromatic rings. The van der Waals surface area contributed by atoms with Crippen molar-refractivity contribution < 1.29 is 0 Å². The van der Waals surface area contributed by atoms with Crippen molar-refractivity contribution in [3.63, 3.8) is 0 Å². The maximum Gasteiger partial charge on any atom is 0.0991 e. The van der Waals surface area contributed by atoms with Crippen LogP contribution in [-0.2, 0) is 6.42 Å². The van der Waals surface area contributed by atoms with Gasteiger partial charge in [0.05, 0.1) is 11.6 Å². The minimum Gasteiger partial charge on any atom is -0.301 e. The molecule has 0 bridgehead atoms. The highest BCUT2D eigenvalue weighted by atomic mass is 32.2. The van der Waals surface area contributed by atoms with Crippen LogP contribution in [0.1, 0.15) is 29.7 Å². The van der Waals surface area contributed by atoms with E-state index in [1.807, 2.05) is 17.8 Å². The van der Waals surface area contributed by atoms with E-state index in [9.17, 15) is 5.26 Å². The molecule has 2 atom stereocenters. The molecule has 4 heteroatoms. The molecule has 2 aliphatic heterocycles. The number of nitriles is 1. The molecule has 2 aromatic carbocycles. The maximum absolute atomic E-state index is 9.38. The second kappa shape index (κ2) is 6.84. The Morgan fingerprint density at radius 3 is 2.76 bits per heavy atom. The molecule has 3 nitrogen and oxygen atoms in total. The normalized spacial score (nSPS) is 24.0. The van der Waals surface area contributed by atoms with Crippen LogP contribution in [-0.4, -0.2) is 42.5 Å². The minimum absolute atomic E-state index is 0.343. The van der Waals surface area contributed by atoms with E-state index in [0.717, 1.165) is 31.6 Å². The Morgan fingerprint density at radius 2 is 1.96 bits per heavy atom. The van der Waals surface area contributed by atoms with Crippen LogP contribution in [0.15, 0.2) is 52.3 Å². The molecule has 1 saturated heterocycles. The molecular formula is C21H23N3S. The van der Waals surface area contributed by atoms with Gasteiger partial charge in [0, 0.05) is 41.5 Å². The summed E-state index contributed by atoms with van der Waals surface area (Å²) in [7, 11) is 2.21. The van der Waals surface area contributed by atoms with Crippen LogP contribution in [0.3, 0.4) is 0 Å². The van der Waals surface area contributed by atoms with Crippen LogP contribution in [0.4, 0.5) is 0 Å². The van der Waals surface area contributed by atoms with Gasteiger partial charge in [-0.25, -0.2) is 0 Å². The lowest BCUT2D eigenvalue weighted by molar-refractivity contribution is 0.0705. The van der Waals surface area contributed by atoms with Gasteiger partial charge in [0.2, 0.25) is 0 Å². The van der Waals surface area contributed by atoms with Crippen LogP contribution in [0, 0.1) is 11.3 Å². The molecule has 0 amide bonds. The third-order valence-electron chi connectivity index (χ3n) is 5.54. The molecule has 2 unspecified atom stereocenters. The Labute approximate surface area is 154 Å². The third kappa shape index (κ3) is 3.20. The zero-order chi connectivity index (χ0) is 17.4. The molecule has 0 aliphatic carbocycles. The third-order valence-corrected chi connectivity index (χ3v) is 6.75. The van der Waals surface area contributed by atoms with Crippen molar-refractivity contribution in [1.82, 2.24) is 9.80 Å². The van der Waals surface area contributed by atoms with Gasteiger partial charge in [-0.3, -0.25) is 4.90 Å². The molecular weight excluding hydrogens is 326 g/mol. The van der Waals surface area contributed by atoms with Crippen molar-refractivity contribution in [3.05, 3.63) is 59.2 Å². The summed E-state index contributed by atoms with van der Waals surface area (Å²) in [5, 5.41) is 9.38. The summed E-state index contributed by atoms with van der Waals surface area (Å²) in [5.74, 6) is 0. The van der Waals surface area contributed by atoms with Crippen molar-refractivity contribution in [3.8, 4) is 6.07 Å². The standard InChI is InChI=1S/C21H23N3S/c1-15-14-24(10-9-23(15)2)19-12-17-5-3-4-6-20(17)25-21-8-7-16(13-22)11-18(19)21/h3-8,11,15,19H,9-10,12,14H2,1-2H3. The van der Waals surface area contributed by atoms with E-state index < -0.39 is 0 Å². The number of rotatable bonds is 1. The van der Waals surface area contributed by atoms with Gasteiger partial charge < -0.3 is 4.90 Å². The molecule has 0 spiro atoms. The Kier molecular flexibility index (Phi) is 4.56. The lowest BCUT2D eigenvalue weighted by Gasteiger charge is -2.42. The van der Waals surface area contributed by atoms with Crippen LogP contribution < -0.4 is 0 Å². The monoisotopic (exact) mass is 349 g/mol. The highest BCUT2D eigenvalue weighted by molar-refractivity contribution is 7.99. The van der Waals surface area contributed by atoms with Crippen LogP contribution in [0.25, 0.3) is 0 Å². The van der Waals surface area contributed by atoms with Crippen molar-refractivity contribution in [2.24, 2.45) is 0 Å². The predicted molar refractivity (Wildman–Crippen MR) is 102 cm³/mol.